The van der Waals surface area contributed by atoms with Gasteiger partial charge in [-0.3, -0.25) is 9.59 Å². The molecule has 0 bridgehead atoms. The number of hydrogen-bond acceptors (Lipinski definition) is 5. The van der Waals surface area contributed by atoms with Crippen LogP contribution < -0.4 is 0 Å². The normalized spacial score (nSPS) is 12.4. The van der Waals surface area contributed by atoms with Crippen molar-refractivity contribution in [2.24, 2.45) is 0 Å². The van der Waals surface area contributed by atoms with Crippen LogP contribution in [0.5, 0.6) is 0 Å². The van der Waals surface area contributed by atoms with E-state index in [1.165, 1.54) is 173 Å². The highest BCUT2D eigenvalue weighted by molar-refractivity contribution is 5.70. The van der Waals surface area contributed by atoms with Gasteiger partial charge in [0.15, 0.2) is 6.10 Å². The highest BCUT2D eigenvalue weighted by Crippen LogP contribution is 2.15. The second-order valence-electron chi connectivity index (χ2n) is 16.2. The quantitative estimate of drug-likeness (QED) is 0.0379. The van der Waals surface area contributed by atoms with E-state index in [-0.39, 0.29) is 25.2 Å². The van der Waals surface area contributed by atoms with E-state index in [9.17, 15) is 14.7 Å². The number of ether oxygens (including phenoxy) is 2. The average Bonchev–Trinajstić information content (AvgIpc) is 3.19. The number of aliphatic hydroxyl groups excluding tert-OH is 1. The summed E-state index contributed by atoms with van der Waals surface area (Å²) >= 11 is 0. The fraction of sp³-hybridized carbons (Fsp3) is 0.840. The molecule has 0 radical (unpaired) electrons. The van der Waals surface area contributed by atoms with Crippen LogP contribution in [0.2, 0.25) is 0 Å². The van der Waals surface area contributed by atoms with Crippen LogP contribution in [0, 0.1) is 0 Å². The number of aliphatic hydroxyl groups is 1. The lowest BCUT2D eigenvalue weighted by Gasteiger charge is -2.15. The van der Waals surface area contributed by atoms with Gasteiger partial charge in [0.05, 0.1) is 6.61 Å². The Morgan fingerprint density at radius 2 is 0.727 bits per heavy atom. The van der Waals surface area contributed by atoms with Gasteiger partial charge in [0, 0.05) is 12.8 Å². The summed E-state index contributed by atoms with van der Waals surface area (Å²) in [5.41, 5.74) is 0. The van der Waals surface area contributed by atoms with Gasteiger partial charge in [0.2, 0.25) is 0 Å². The fourth-order valence-corrected chi connectivity index (χ4v) is 6.99. The van der Waals surface area contributed by atoms with Crippen LogP contribution >= 0.6 is 0 Å². The smallest absolute Gasteiger partial charge is 0.306 e. The molecule has 5 nitrogen and oxygen atoms in total. The summed E-state index contributed by atoms with van der Waals surface area (Å²) in [7, 11) is 0. The van der Waals surface area contributed by atoms with Gasteiger partial charge >= 0.3 is 11.9 Å². The molecule has 0 aromatic carbocycles. The molecule has 0 rings (SSSR count). The first-order valence-corrected chi connectivity index (χ1v) is 24.0. The number of carbonyl (C=O) groups excluding carboxylic acids is 2. The van der Waals surface area contributed by atoms with E-state index < -0.39 is 6.10 Å². The third-order valence-electron chi connectivity index (χ3n) is 10.7. The van der Waals surface area contributed by atoms with Crippen LogP contribution in [0.25, 0.3) is 0 Å². The second kappa shape index (κ2) is 46.5. The Bertz CT molecular complexity index is 877. The van der Waals surface area contributed by atoms with Crippen molar-refractivity contribution in [1.29, 1.82) is 0 Å². The van der Waals surface area contributed by atoms with E-state index >= 15 is 0 Å². The number of unbranched alkanes of at least 4 members (excludes halogenated alkanes) is 30. The molecular formula is C50H92O5. The molecule has 0 aliphatic rings. The molecule has 0 aromatic heterocycles. The standard InChI is InChI=1S/C50H92O5/c1-3-5-7-9-11-13-15-17-19-21-22-23-24-25-26-27-28-29-31-33-35-37-39-41-43-45-50(53)55-48(46-51)47-54-49(52)44-42-40-38-36-34-32-30-20-18-16-14-12-10-8-6-4-2/h15,17,20-22,30,48,51H,3-14,16,18-19,23-29,31-47H2,1-2H3/b17-15-,22-21-,30-20-. The third-order valence-corrected chi connectivity index (χ3v) is 10.7. The van der Waals surface area contributed by atoms with Crippen molar-refractivity contribution in [3.63, 3.8) is 0 Å². The van der Waals surface area contributed by atoms with Crippen LogP contribution in [0.3, 0.4) is 0 Å². The minimum absolute atomic E-state index is 0.0679. The zero-order valence-electron chi connectivity index (χ0n) is 36.7. The monoisotopic (exact) mass is 773 g/mol. The van der Waals surface area contributed by atoms with Crippen molar-refractivity contribution in [2.45, 2.75) is 258 Å². The Kier molecular flexibility index (Phi) is 44.9. The molecule has 0 saturated carbocycles. The van der Waals surface area contributed by atoms with Gasteiger partial charge in [-0.15, -0.1) is 0 Å². The molecule has 0 aliphatic heterocycles. The van der Waals surface area contributed by atoms with E-state index in [1.54, 1.807) is 0 Å². The SMILES string of the molecule is CCCCCCC/C=C\C/C=C\CCCCCCCCCCCCCCCC(=O)OC(CO)COC(=O)CCCCCCC/C=C\CCCCCCCCC. The Labute approximate surface area is 342 Å². The van der Waals surface area contributed by atoms with Gasteiger partial charge in [0.25, 0.3) is 0 Å². The van der Waals surface area contributed by atoms with Crippen molar-refractivity contribution in [3.8, 4) is 0 Å². The largest absolute Gasteiger partial charge is 0.462 e. The lowest BCUT2D eigenvalue weighted by Crippen LogP contribution is -2.28. The Morgan fingerprint density at radius 1 is 0.418 bits per heavy atom. The van der Waals surface area contributed by atoms with Gasteiger partial charge in [0.1, 0.15) is 6.61 Å². The zero-order chi connectivity index (χ0) is 40.0. The van der Waals surface area contributed by atoms with Crippen molar-refractivity contribution in [1.82, 2.24) is 0 Å². The molecule has 1 unspecified atom stereocenters. The van der Waals surface area contributed by atoms with Gasteiger partial charge in [-0.2, -0.15) is 0 Å². The lowest BCUT2D eigenvalue weighted by molar-refractivity contribution is -0.161. The van der Waals surface area contributed by atoms with Crippen LogP contribution in [-0.4, -0.2) is 36.4 Å². The summed E-state index contributed by atoms with van der Waals surface area (Å²) < 4.78 is 10.7. The summed E-state index contributed by atoms with van der Waals surface area (Å²) in [5.74, 6) is -0.593. The van der Waals surface area contributed by atoms with Gasteiger partial charge < -0.3 is 14.6 Å². The van der Waals surface area contributed by atoms with E-state index in [2.05, 4.69) is 50.3 Å². The molecule has 0 aliphatic carbocycles. The predicted octanol–water partition coefficient (Wildman–Crippen LogP) is 15.6. The summed E-state index contributed by atoms with van der Waals surface area (Å²) in [5, 5.41) is 9.60. The summed E-state index contributed by atoms with van der Waals surface area (Å²) in [6.07, 6.45) is 58.0. The third kappa shape index (κ3) is 44.7. The molecule has 0 heterocycles. The van der Waals surface area contributed by atoms with Crippen molar-refractivity contribution in [3.05, 3.63) is 36.5 Å². The van der Waals surface area contributed by atoms with E-state index in [0.29, 0.717) is 12.8 Å². The predicted molar refractivity (Wildman–Crippen MR) is 238 cm³/mol. The number of allylic oxidation sites excluding steroid dienone is 6. The van der Waals surface area contributed by atoms with E-state index in [4.69, 9.17) is 9.47 Å². The molecule has 322 valence electrons. The molecule has 55 heavy (non-hydrogen) atoms. The maximum atomic E-state index is 12.2. The first-order chi connectivity index (χ1) is 27.1. The minimum Gasteiger partial charge on any atom is -0.462 e. The number of hydrogen-bond donors (Lipinski definition) is 1. The van der Waals surface area contributed by atoms with Gasteiger partial charge in [-0.25, -0.2) is 0 Å². The highest BCUT2D eigenvalue weighted by Gasteiger charge is 2.16. The molecule has 0 fully saturated rings. The number of rotatable bonds is 44. The summed E-state index contributed by atoms with van der Waals surface area (Å²) in [6.45, 7) is 4.14. The first kappa shape index (κ1) is 53.1. The average molecular weight is 773 g/mol. The topological polar surface area (TPSA) is 72.8 Å². The Morgan fingerprint density at radius 3 is 1.09 bits per heavy atom. The highest BCUT2D eigenvalue weighted by atomic mass is 16.6. The molecule has 0 amide bonds. The van der Waals surface area contributed by atoms with Crippen molar-refractivity contribution >= 4 is 11.9 Å². The van der Waals surface area contributed by atoms with Gasteiger partial charge in [-0.05, 0) is 70.6 Å². The number of esters is 2. The van der Waals surface area contributed by atoms with Gasteiger partial charge in [-0.1, -0.05) is 204 Å². The Hall–Kier alpha value is -1.88. The summed E-state index contributed by atoms with van der Waals surface area (Å²) in [6, 6.07) is 0. The number of carbonyl (C=O) groups is 2. The maximum absolute atomic E-state index is 12.2. The first-order valence-electron chi connectivity index (χ1n) is 24.0. The molecular weight excluding hydrogens is 681 g/mol. The van der Waals surface area contributed by atoms with Crippen LogP contribution in [0.1, 0.15) is 251 Å². The van der Waals surface area contributed by atoms with E-state index in [0.717, 1.165) is 51.4 Å². The van der Waals surface area contributed by atoms with Crippen LogP contribution in [0.4, 0.5) is 0 Å². The zero-order valence-corrected chi connectivity index (χ0v) is 36.7. The van der Waals surface area contributed by atoms with E-state index in [1.807, 2.05) is 0 Å². The van der Waals surface area contributed by atoms with Crippen LogP contribution in [-0.2, 0) is 19.1 Å². The second-order valence-corrected chi connectivity index (χ2v) is 16.2. The van der Waals surface area contributed by atoms with Crippen molar-refractivity contribution in [2.75, 3.05) is 13.2 Å². The molecule has 0 aromatic rings. The summed E-state index contributed by atoms with van der Waals surface area (Å²) in [4.78, 5) is 24.4. The molecule has 5 heteroatoms. The molecule has 0 saturated heterocycles. The molecule has 0 spiro atoms. The Balaban J connectivity index is 3.49. The fourth-order valence-electron chi connectivity index (χ4n) is 6.99. The lowest BCUT2D eigenvalue weighted by atomic mass is 10.0. The molecule has 1 N–H and O–H groups in total. The molecule has 1 atom stereocenters. The van der Waals surface area contributed by atoms with Crippen LogP contribution in [0.15, 0.2) is 36.5 Å². The minimum atomic E-state index is -0.774. The maximum Gasteiger partial charge on any atom is 0.306 e. The van der Waals surface area contributed by atoms with Crippen molar-refractivity contribution < 1.29 is 24.2 Å².